The molecule has 0 spiro atoms. The average Bonchev–Trinajstić information content (AvgIpc) is 2.22. The van der Waals surface area contributed by atoms with Crippen molar-refractivity contribution >= 4 is 23.1 Å². The van der Waals surface area contributed by atoms with E-state index in [1.807, 2.05) is 0 Å². The number of nitrogens with two attached hydrogens (primary N) is 1. The van der Waals surface area contributed by atoms with Crippen LogP contribution in [-0.2, 0) is 11.2 Å². The number of nitrogen functional groups attached to an aromatic ring is 1. The van der Waals surface area contributed by atoms with E-state index in [0.29, 0.717) is 23.4 Å². The first-order valence-corrected chi connectivity index (χ1v) is 5.31. The van der Waals surface area contributed by atoms with Gasteiger partial charge < -0.3 is 11.1 Å². The van der Waals surface area contributed by atoms with Crippen LogP contribution in [0.1, 0.15) is 35.7 Å². The largest absolute Gasteiger partial charge is 0.398 e. The Morgan fingerprint density at radius 3 is 2.81 bits per heavy atom. The van der Waals surface area contributed by atoms with Gasteiger partial charge in [0.15, 0.2) is 5.78 Å². The van der Waals surface area contributed by atoms with Gasteiger partial charge in [0.1, 0.15) is 0 Å². The molecule has 1 aliphatic carbocycles. The van der Waals surface area contributed by atoms with Crippen LogP contribution in [0.3, 0.4) is 0 Å². The Labute approximate surface area is 93.8 Å². The second kappa shape index (κ2) is 3.96. The van der Waals surface area contributed by atoms with E-state index in [9.17, 15) is 9.59 Å². The standard InChI is InChI=1S/C12H14N2O2/c1-7(15)14-10-6-5-9(13)8-3-2-4-11(16)12(8)10/h5-6H,2-4,13H2,1H3,(H,14,15). The molecule has 4 nitrogen and oxygen atoms in total. The summed E-state index contributed by atoms with van der Waals surface area (Å²) in [5.41, 5.74) is 8.54. The average molecular weight is 218 g/mol. The quantitative estimate of drug-likeness (QED) is 0.705. The maximum atomic E-state index is 11.8. The molecule has 0 aromatic heterocycles. The fraction of sp³-hybridized carbons (Fsp3) is 0.333. The van der Waals surface area contributed by atoms with Gasteiger partial charge >= 0.3 is 0 Å². The molecule has 0 unspecified atom stereocenters. The van der Waals surface area contributed by atoms with Gasteiger partial charge in [-0.15, -0.1) is 0 Å². The van der Waals surface area contributed by atoms with Crippen LogP contribution in [0.4, 0.5) is 11.4 Å². The van der Waals surface area contributed by atoms with Crippen LogP contribution >= 0.6 is 0 Å². The molecule has 1 aromatic carbocycles. The summed E-state index contributed by atoms with van der Waals surface area (Å²) in [5.74, 6) is -0.109. The highest BCUT2D eigenvalue weighted by Crippen LogP contribution is 2.32. The van der Waals surface area contributed by atoms with E-state index in [-0.39, 0.29) is 11.7 Å². The van der Waals surface area contributed by atoms with Gasteiger partial charge in [0.25, 0.3) is 0 Å². The van der Waals surface area contributed by atoms with Gasteiger partial charge in [0.05, 0.1) is 5.69 Å². The van der Waals surface area contributed by atoms with Crippen LogP contribution in [0.25, 0.3) is 0 Å². The first kappa shape index (κ1) is 10.7. The molecule has 4 heteroatoms. The van der Waals surface area contributed by atoms with Crippen LogP contribution in [0, 0.1) is 0 Å². The predicted octanol–water partition coefficient (Wildman–Crippen LogP) is 1.75. The second-order valence-corrected chi connectivity index (χ2v) is 4.01. The van der Waals surface area contributed by atoms with Crippen molar-refractivity contribution in [1.82, 2.24) is 0 Å². The summed E-state index contributed by atoms with van der Waals surface area (Å²) in [6.07, 6.45) is 2.17. The minimum Gasteiger partial charge on any atom is -0.398 e. The van der Waals surface area contributed by atoms with Gasteiger partial charge in [-0.05, 0) is 30.5 Å². The highest BCUT2D eigenvalue weighted by molar-refractivity contribution is 6.07. The lowest BCUT2D eigenvalue weighted by molar-refractivity contribution is -0.114. The number of anilines is 2. The minimum atomic E-state index is -0.176. The molecule has 0 saturated heterocycles. The van der Waals surface area contributed by atoms with Crippen LogP contribution in [0.2, 0.25) is 0 Å². The molecule has 1 amide bonds. The van der Waals surface area contributed by atoms with Crippen molar-refractivity contribution < 1.29 is 9.59 Å². The SMILES string of the molecule is CC(=O)Nc1ccc(N)c2c1C(=O)CCC2. The zero-order valence-electron chi connectivity index (χ0n) is 9.17. The van der Waals surface area contributed by atoms with Gasteiger partial charge in [-0.25, -0.2) is 0 Å². The topological polar surface area (TPSA) is 72.2 Å². The van der Waals surface area contributed by atoms with Gasteiger partial charge in [0, 0.05) is 24.6 Å². The van der Waals surface area contributed by atoms with Gasteiger partial charge in [-0.2, -0.15) is 0 Å². The molecule has 3 N–H and O–H groups in total. The van der Waals surface area contributed by atoms with E-state index in [4.69, 9.17) is 5.73 Å². The molecule has 0 heterocycles. The highest BCUT2D eigenvalue weighted by Gasteiger charge is 2.22. The number of rotatable bonds is 1. The Hall–Kier alpha value is -1.84. The van der Waals surface area contributed by atoms with E-state index in [1.165, 1.54) is 6.92 Å². The summed E-state index contributed by atoms with van der Waals surface area (Å²) in [5, 5.41) is 2.68. The summed E-state index contributed by atoms with van der Waals surface area (Å²) in [4.78, 5) is 22.9. The molecule has 1 aliphatic rings. The molecule has 0 saturated carbocycles. The van der Waals surface area contributed by atoms with Crippen LogP contribution in [0.15, 0.2) is 12.1 Å². The number of ketones is 1. The maximum Gasteiger partial charge on any atom is 0.221 e. The molecule has 0 radical (unpaired) electrons. The van der Waals surface area contributed by atoms with Gasteiger partial charge in [-0.1, -0.05) is 0 Å². The highest BCUT2D eigenvalue weighted by atomic mass is 16.1. The van der Waals surface area contributed by atoms with Crippen molar-refractivity contribution in [2.45, 2.75) is 26.2 Å². The number of benzene rings is 1. The molecular formula is C12H14N2O2. The molecular weight excluding hydrogens is 204 g/mol. The fourth-order valence-electron chi connectivity index (χ4n) is 2.10. The summed E-state index contributed by atoms with van der Waals surface area (Å²) >= 11 is 0. The first-order valence-electron chi connectivity index (χ1n) is 5.31. The minimum absolute atomic E-state index is 0.0669. The molecule has 84 valence electrons. The third-order valence-corrected chi connectivity index (χ3v) is 2.77. The molecule has 0 bridgehead atoms. The lowest BCUT2D eigenvalue weighted by atomic mass is 9.88. The Morgan fingerprint density at radius 2 is 2.12 bits per heavy atom. The van der Waals surface area contributed by atoms with Gasteiger partial charge in [0.2, 0.25) is 5.91 Å². The van der Waals surface area contributed by atoms with E-state index in [0.717, 1.165) is 18.4 Å². The van der Waals surface area contributed by atoms with Crippen LogP contribution in [-0.4, -0.2) is 11.7 Å². The molecule has 2 rings (SSSR count). The monoisotopic (exact) mass is 218 g/mol. The third-order valence-electron chi connectivity index (χ3n) is 2.77. The van der Waals surface area contributed by atoms with E-state index < -0.39 is 0 Å². The van der Waals surface area contributed by atoms with Crippen molar-refractivity contribution in [2.24, 2.45) is 0 Å². The molecule has 0 fully saturated rings. The second-order valence-electron chi connectivity index (χ2n) is 4.01. The number of fused-ring (bicyclic) bond motifs is 1. The van der Waals surface area contributed by atoms with E-state index in [1.54, 1.807) is 12.1 Å². The molecule has 16 heavy (non-hydrogen) atoms. The summed E-state index contributed by atoms with van der Waals surface area (Å²) in [6, 6.07) is 3.43. The number of nitrogens with one attached hydrogen (secondary N) is 1. The fourth-order valence-corrected chi connectivity index (χ4v) is 2.10. The van der Waals surface area contributed by atoms with Crippen LogP contribution < -0.4 is 11.1 Å². The van der Waals surface area contributed by atoms with Crippen molar-refractivity contribution in [3.05, 3.63) is 23.3 Å². The normalized spacial score (nSPS) is 14.4. The van der Waals surface area contributed by atoms with Crippen molar-refractivity contribution in [2.75, 3.05) is 11.1 Å². The summed E-state index contributed by atoms with van der Waals surface area (Å²) in [7, 11) is 0. The number of amides is 1. The number of carbonyl (C=O) groups is 2. The van der Waals surface area contributed by atoms with Crippen molar-refractivity contribution in [3.63, 3.8) is 0 Å². The predicted molar refractivity (Wildman–Crippen MR) is 62.4 cm³/mol. The third kappa shape index (κ3) is 1.78. The zero-order chi connectivity index (χ0) is 11.7. The smallest absolute Gasteiger partial charge is 0.221 e. The van der Waals surface area contributed by atoms with Gasteiger partial charge in [-0.3, -0.25) is 9.59 Å². The number of hydrogen-bond donors (Lipinski definition) is 2. The molecule has 0 aliphatic heterocycles. The molecule has 1 aromatic rings. The van der Waals surface area contributed by atoms with E-state index in [2.05, 4.69) is 5.32 Å². The lowest BCUT2D eigenvalue weighted by Gasteiger charge is -2.20. The maximum absolute atomic E-state index is 11.8. The Morgan fingerprint density at radius 1 is 1.38 bits per heavy atom. The van der Waals surface area contributed by atoms with Crippen LogP contribution in [0.5, 0.6) is 0 Å². The zero-order valence-corrected chi connectivity index (χ0v) is 9.17. The number of hydrogen-bond acceptors (Lipinski definition) is 3. The number of Topliss-reactive ketones (excluding diaryl/α,β-unsaturated/α-hetero) is 1. The first-order chi connectivity index (χ1) is 7.59. The number of carbonyl (C=O) groups excluding carboxylic acids is 2. The summed E-state index contributed by atoms with van der Waals surface area (Å²) < 4.78 is 0. The Bertz CT molecular complexity index is 466. The lowest BCUT2D eigenvalue weighted by Crippen LogP contribution is -2.18. The van der Waals surface area contributed by atoms with E-state index >= 15 is 0 Å². The summed E-state index contributed by atoms with van der Waals surface area (Å²) in [6.45, 7) is 1.43. The van der Waals surface area contributed by atoms with Crippen molar-refractivity contribution in [3.8, 4) is 0 Å². The Balaban J connectivity index is 2.55. The molecule has 0 atom stereocenters. The van der Waals surface area contributed by atoms with Crippen molar-refractivity contribution in [1.29, 1.82) is 0 Å². The Kier molecular flexibility index (Phi) is 2.64.